The van der Waals surface area contributed by atoms with Crippen LogP contribution in [0.25, 0.3) is 0 Å². The molecule has 1 aliphatic rings. The van der Waals surface area contributed by atoms with Crippen molar-refractivity contribution in [3.05, 3.63) is 29.3 Å². The molecule has 0 saturated carbocycles. The molecule has 1 amide bonds. The first kappa shape index (κ1) is 13.4. The molecule has 0 heterocycles. The normalized spacial score (nSPS) is 17.1. The van der Waals surface area contributed by atoms with Crippen molar-refractivity contribution < 1.29 is 14.7 Å². The van der Waals surface area contributed by atoms with E-state index in [0.717, 1.165) is 17.5 Å². The molecule has 5 heteroatoms. The average Bonchev–Trinajstić information content (AvgIpc) is 2.81. The maximum absolute atomic E-state index is 11.8. The fraction of sp³-hybridized carbons (Fsp3) is 0.429. The van der Waals surface area contributed by atoms with E-state index in [-0.39, 0.29) is 5.91 Å². The second-order valence-electron chi connectivity index (χ2n) is 4.82. The van der Waals surface area contributed by atoms with Crippen molar-refractivity contribution in [2.45, 2.75) is 25.9 Å². The van der Waals surface area contributed by atoms with Gasteiger partial charge in [0.2, 0.25) is 0 Å². The van der Waals surface area contributed by atoms with Crippen molar-refractivity contribution in [1.29, 1.82) is 0 Å². The average molecular weight is 262 g/mol. The minimum atomic E-state index is -0.531. The highest BCUT2D eigenvalue weighted by molar-refractivity contribution is 6.04. The van der Waals surface area contributed by atoms with Crippen LogP contribution >= 0.6 is 0 Å². The highest BCUT2D eigenvalue weighted by atomic mass is 16.5. The number of fused-ring (bicyclic) bond motifs is 1. The predicted octanol–water partition coefficient (Wildman–Crippen LogP) is 1.67. The van der Waals surface area contributed by atoms with Gasteiger partial charge in [0, 0.05) is 25.2 Å². The minimum Gasteiger partial charge on any atom is -0.481 e. The van der Waals surface area contributed by atoms with E-state index in [0.29, 0.717) is 17.9 Å². The molecule has 0 bridgehead atoms. The molecule has 0 radical (unpaired) electrons. The zero-order valence-electron chi connectivity index (χ0n) is 11.4. The molecule has 0 aromatic heterocycles. The molecule has 1 aliphatic carbocycles. The third-order valence-electron chi connectivity index (χ3n) is 3.27. The van der Waals surface area contributed by atoms with Crippen molar-refractivity contribution in [2.24, 2.45) is 5.16 Å². The lowest BCUT2D eigenvalue weighted by Crippen LogP contribution is -2.35. The maximum Gasteiger partial charge on any atom is 0.262 e. The molecule has 0 spiro atoms. The van der Waals surface area contributed by atoms with E-state index in [9.17, 15) is 4.79 Å². The topological polar surface area (TPSA) is 62.1 Å². The Morgan fingerprint density at radius 3 is 2.79 bits per heavy atom. The van der Waals surface area contributed by atoms with Crippen LogP contribution in [0.1, 0.15) is 24.5 Å². The Balaban J connectivity index is 2.24. The van der Waals surface area contributed by atoms with Gasteiger partial charge >= 0.3 is 0 Å². The fourth-order valence-electron chi connectivity index (χ4n) is 2.29. The SMILES string of the molecule is CC(Oc1cccc2c1CCC2=NO)C(=O)N(C)C. The number of rotatable bonds is 3. The van der Waals surface area contributed by atoms with Crippen LogP contribution in [0, 0.1) is 0 Å². The molecule has 2 rings (SSSR count). The van der Waals surface area contributed by atoms with Gasteiger partial charge in [-0.25, -0.2) is 0 Å². The van der Waals surface area contributed by atoms with Gasteiger partial charge in [0.15, 0.2) is 6.10 Å². The predicted molar refractivity (Wildman–Crippen MR) is 71.9 cm³/mol. The van der Waals surface area contributed by atoms with Crippen LogP contribution in [0.3, 0.4) is 0 Å². The molecule has 0 aliphatic heterocycles. The van der Waals surface area contributed by atoms with E-state index in [2.05, 4.69) is 5.16 Å². The zero-order chi connectivity index (χ0) is 14.0. The Hall–Kier alpha value is -2.04. The first-order chi connectivity index (χ1) is 9.04. The number of ether oxygens (including phenoxy) is 1. The van der Waals surface area contributed by atoms with Gasteiger partial charge in [-0.3, -0.25) is 4.79 Å². The standard InChI is InChI=1S/C14H18N2O3/c1-9(14(17)16(2)3)19-13-6-4-5-10-11(13)7-8-12(10)15-18/h4-6,9,18H,7-8H2,1-3H3. The molecule has 102 valence electrons. The summed E-state index contributed by atoms with van der Waals surface area (Å²) in [4.78, 5) is 13.3. The molecule has 5 nitrogen and oxygen atoms in total. The van der Waals surface area contributed by atoms with E-state index < -0.39 is 6.10 Å². The van der Waals surface area contributed by atoms with E-state index >= 15 is 0 Å². The summed E-state index contributed by atoms with van der Waals surface area (Å²) in [6.45, 7) is 1.73. The lowest BCUT2D eigenvalue weighted by molar-refractivity contribution is -0.135. The number of amides is 1. The smallest absolute Gasteiger partial charge is 0.262 e. The van der Waals surface area contributed by atoms with Crippen LogP contribution in [0.5, 0.6) is 5.75 Å². The Morgan fingerprint density at radius 2 is 2.16 bits per heavy atom. The summed E-state index contributed by atoms with van der Waals surface area (Å²) in [5, 5.41) is 12.2. The van der Waals surface area contributed by atoms with Gasteiger partial charge in [0.05, 0.1) is 5.71 Å². The molecule has 1 atom stereocenters. The zero-order valence-corrected chi connectivity index (χ0v) is 11.4. The maximum atomic E-state index is 11.8. The van der Waals surface area contributed by atoms with Crippen molar-refractivity contribution in [3.8, 4) is 5.75 Å². The van der Waals surface area contributed by atoms with E-state index in [1.165, 1.54) is 4.90 Å². The quantitative estimate of drug-likeness (QED) is 0.665. The van der Waals surface area contributed by atoms with Gasteiger partial charge in [-0.15, -0.1) is 0 Å². The number of benzene rings is 1. The first-order valence-electron chi connectivity index (χ1n) is 6.25. The largest absolute Gasteiger partial charge is 0.481 e. The monoisotopic (exact) mass is 262 g/mol. The Morgan fingerprint density at radius 1 is 1.42 bits per heavy atom. The van der Waals surface area contributed by atoms with Gasteiger partial charge in [0.1, 0.15) is 5.75 Å². The van der Waals surface area contributed by atoms with Gasteiger partial charge in [-0.1, -0.05) is 17.3 Å². The number of nitrogens with zero attached hydrogens (tertiary/aromatic N) is 2. The minimum absolute atomic E-state index is 0.0772. The summed E-state index contributed by atoms with van der Waals surface area (Å²) in [5.41, 5.74) is 2.59. The Labute approximate surface area is 112 Å². The molecule has 0 fully saturated rings. The first-order valence-corrected chi connectivity index (χ1v) is 6.25. The molecule has 0 saturated heterocycles. The van der Waals surface area contributed by atoms with Crippen molar-refractivity contribution in [2.75, 3.05) is 14.1 Å². The summed E-state index contributed by atoms with van der Waals surface area (Å²) >= 11 is 0. The number of likely N-dealkylation sites (N-methyl/N-ethyl adjacent to an activating group) is 1. The summed E-state index contributed by atoms with van der Waals surface area (Å²) in [6.07, 6.45) is 0.937. The van der Waals surface area contributed by atoms with E-state index in [4.69, 9.17) is 9.94 Å². The van der Waals surface area contributed by atoms with Crippen LogP contribution < -0.4 is 4.74 Å². The molecule has 1 aromatic rings. The number of hydrogen-bond donors (Lipinski definition) is 1. The van der Waals surface area contributed by atoms with Crippen LogP contribution in [-0.2, 0) is 11.2 Å². The lowest BCUT2D eigenvalue weighted by atomic mass is 10.1. The molecular weight excluding hydrogens is 244 g/mol. The Bertz CT molecular complexity index is 523. The van der Waals surface area contributed by atoms with Crippen molar-refractivity contribution in [1.82, 2.24) is 4.90 Å². The number of oxime groups is 1. The van der Waals surface area contributed by atoms with Gasteiger partial charge < -0.3 is 14.8 Å². The van der Waals surface area contributed by atoms with Gasteiger partial charge in [-0.2, -0.15) is 0 Å². The van der Waals surface area contributed by atoms with Crippen LogP contribution in [0.15, 0.2) is 23.4 Å². The van der Waals surface area contributed by atoms with Crippen LogP contribution in [0.2, 0.25) is 0 Å². The second kappa shape index (κ2) is 5.30. The van der Waals surface area contributed by atoms with Gasteiger partial charge in [-0.05, 0) is 25.8 Å². The van der Waals surface area contributed by atoms with Crippen molar-refractivity contribution >= 4 is 11.6 Å². The summed E-state index contributed by atoms with van der Waals surface area (Å²) in [6, 6.07) is 5.60. The summed E-state index contributed by atoms with van der Waals surface area (Å²) in [7, 11) is 3.41. The lowest BCUT2D eigenvalue weighted by Gasteiger charge is -2.19. The molecule has 1 N–H and O–H groups in total. The highest BCUT2D eigenvalue weighted by Crippen LogP contribution is 2.31. The van der Waals surface area contributed by atoms with Crippen molar-refractivity contribution in [3.63, 3.8) is 0 Å². The van der Waals surface area contributed by atoms with E-state index in [1.54, 1.807) is 21.0 Å². The Kier molecular flexibility index (Phi) is 3.74. The third-order valence-corrected chi connectivity index (χ3v) is 3.27. The van der Waals surface area contributed by atoms with Crippen LogP contribution in [-0.4, -0.2) is 41.9 Å². The summed E-state index contributed by atoms with van der Waals surface area (Å²) < 4.78 is 5.75. The number of hydrogen-bond acceptors (Lipinski definition) is 4. The summed E-state index contributed by atoms with van der Waals surface area (Å²) in [5.74, 6) is 0.616. The molecule has 19 heavy (non-hydrogen) atoms. The number of carbonyl (C=O) groups is 1. The van der Waals surface area contributed by atoms with Crippen LogP contribution in [0.4, 0.5) is 0 Å². The second-order valence-corrected chi connectivity index (χ2v) is 4.82. The molecule has 1 aromatic carbocycles. The molecular formula is C14H18N2O3. The third kappa shape index (κ3) is 2.54. The fourth-order valence-corrected chi connectivity index (χ4v) is 2.29. The van der Waals surface area contributed by atoms with Gasteiger partial charge in [0.25, 0.3) is 5.91 Å². The van der Waals surface area contributed by atoms with E-state index in [1.807, 2.05) is 18.2 Å². The highest BCUT2D eigenvalue weighted by Gasteiger charge is 2.24. The number of carbonyl (C=O) groups excluding carboxylic acids is 1. The molecule has 1 unspecified atom stereocenters.